The van der Waals surface area contributed by atoms with Crippen molar-refractivity contribution in [3.63, 3.8) is 0 Å². The summed E-state index contributed by atoms with van der Waals surface area (Å²) in [6.45, 7) is 1.02. The molecular weight excluding hydrogens is 372 g/mol. The lowest BCUT2D eigenvalue weighted by Crippen LogP contribution is -2.15. The van der Waals surface area contributed by atoms with E-state index in [-0.39, 0.29) is 11.7 Å². The second-order valence-electron chi connectivity index (χ2n) is 6.52. The van der Waals surface area contributed by atoms with Crippen LogP contribution in [0.5, 0.6) is 5.75 Å². The summed E-state index contributed by atoms with van der Waals surface area (Å²) in [4.78, 5) is 13.2. The first-order valence-corrected chi connectivity index (χ1v) is 9.60. The monoisotopic (exact) mass is 394 g/mol. The van der Waals surface area contributed by atoms with Gasteiger partial charge in [-0.15, -0.1) is 0 Å². The minimum atomic E-state index is -0.290. The zero-order valence-corrected chi connectivity index (χ0v) is 16.6. The zero-order chi connectivity index (χ0) is 19.8. The third-order valence-electron chi connectivity index (χ3n) is 4.63. The molecule has 0 aliphatic heterocycles. The van der Waals surface area contributed by atoms with Gasteiger partial charge in [0.05, 0.1) is 13.7 Å². The molecule has 0 aromatic heterocycles. The van der Waals surface area contributed by atoms with E-state index in [4.69, 9.17) is 21.1 Å². The number of hydrogen-bond donors (Lipinski definition) is 0. The number of ether oxygens (including phenoxy) is 2. The van der Waals surface area contributed by atoms with Crippen molar-refractivity contribution in [2.75, 3.05) is 13.7 Å². The van der Waals surface area contributed by atoms with E-state index < -0.39 is 0 Å². The average molecular weight is 395 g/mol. The minimum Gasteiger partial charge on any atom is -0.497 e. The number of carbonyl (C=O) groups excluding carboxylic acids is 1. The molecule has 3 aromatic rings. The Hall–Kier alpha value is -2.62. The van der Waals surface area contributed by atoms with E-state index in [0.29, 0.717) is 30.2 Å². The fourth-order valence-corrected chi connectivity index (χ4v) is 3.19. The summed E-state index contributed by atoms with van der Waals surface area (Å²) in [5.41, 5.74) is 2.71. The van der Waals surface area contributed by atoms with Crippen molar-refractivity contribution in [1.82, 2.24) is 0 Å². The van der Waals surface area contributed by atoms with Gasteiger partial charge in [0, 0.05) is 23.1 Å². The number of benzene rings is 3. The number of hydrogen-bond acceptors (Lipinski definition) is 3. The first-order chi connectivity index (χ1) is 13.7. The molecule has 0 bridgehead atoms. The van der Waals surface area contributed by atoms with Crippen LogP contribution in [-0.2, 0) is 11.3 Å². The highest BCUT2D eigenvalue weighted by atomic mass is 35.5. The van der Waals surface area contributed by atoms with Crippen molar-refractivity contribution >= 4 is 17.4 Å². The Balaban J connectivity index is 1.70. The van der Waals surface area contributed by atoms with Crippen molar-refractivity contribution < 1.29 is 14.3 Å². The van der Waals surface area contributed by atoms with Gasteiger partial charge in [-0.05, 0) is 53.9 Å². The Labute approximate surface area is 170 Å². The summed E-state index contributed by atoms with van der Waals surface area (Å²) in [6, 6.07) is 24.7. The van der Waals surface area contributed by atoms with Crippen LogP contribution in [0.2, 0.25) is 5.02 Å². The van der Waals surface area contributed by atoms with Gasteiger partial charge >= 0.3 is 0 Å². The normalized spacial score (nSPS) is 11.8. The van der Waals surface area contributed by atoms with Gasteiger partial charge in [0.25, 0.3) is 0 Å². The standard InChI is InChI=1S/C24H23ClO3/c1-27-22-13-9-20(10-14-22)24(26)23(19-7-11-21(25)12-8-19)15-16-28-17-18-5-3-2-4-6-18/h2-14,23H,15-17H2,1H3. The second kappa shape index (κ2) is 10.1. The highest BCUT2D eigenvalue weighted by Crippen LogP contribution is 2.27. The Morgan fingerprint density at radius 2 is 1.61 bits per heavy atom. The van der Waals surface area contributed by atoms with Crippen LogP contribution in [0.25, 0.3) is 0 Å². The molecule has 1 atom stereocenters. The van der Waals surface area contributed by atoms with Crippen LogP contribution < -0.4 is 4.74 Å². The number of rotatable bonds is 9. The number of Topliss-reactive ketones (excluding diaryl/α,β-unsaturated/α-hetero) is 1. The van der Waals surface area contributed by atoms with Crippen molar-refractivity contribution in [2.45, 2.75) is 18.9 Å². The smallest absolute Gasteiger partial charge is 0.170 e. The molecule has 1 unspecified atom stereocenters. The van der Waals surface area contributed by atoms with Crippen molar-refractivity contribution in [3.05, 3.63) is 101 Å². The molecule has 144 valence electrons. The quantitative estimate of drug-likeness (QED) is 0.333. The van der Waals surface area contributed by atoms with Gasteiger partial charge < -0.3 is 9.47 Å². The van der Waals surface area contributed by atoms with Crippen molar-refractivity contribution in [2.24, 2.45) is 0 Å². The summed E-state index contributed by atoms with van der Waals surface area (Å²) < 4.78 is 11.0. The predicted octanol–water partition coefficient (Wildman–Crippen LogP) is 5.92. The molecule has 0 heterocycles. The van der Waals surface area contributed by atoms with E-state index in [1.165, 1.54) is 0 Å². The minimum absolute atomic E-state index is 0.0632. The Morgan fingerprint density at radius 3 is 2.25 bits per heavy atom. The average Bonchev–Trinajstić information content (AvgIpc) is 2.75. The van der Waals surface area contributed by atoms with Crippen LogP contribution >= 0.6 is 11.6 Å². The summed E-state index contributed by atoms with van der Waals surface area (Å²) in [5.74, 6) is 0.500. The van der Waals surface area contributed by atoms with Gasteiger partial charge in [-0.1, -0.05) is 54.1 Å². The molecule has 0 amide bonds. The predicted molar refractivity (Wildman–Crippen MR) is 112 cm³/mol. The van der Waals surface area contributed by atoms with Gasteiger partial charge in [0.15, 0.2) is 5.78 Å². The van der Waals surface area contributed by atoms with E-state index in [9.17, 15) is 4.79 Å². The van der Waals surface area contributed by atoms with E-state index >= 15 is 0 Å². The second-order valence-corrected chi connectivity index (χ2v) is 6.96. The maximum atomic E-state index is 13.2. The molecule has 0 saturated carbocycles. The lowest BCUT2D eigenvalue weighted by molar-refractivity contribution is 0.0878. The van der Waals surface area contributed by atoms with Gasteiger partial charge in [-0.25, -0.2) is 0 Å². The molecule has 0 radical (unpaired) electrons. The Kier molecular flexibility index (Phi) is 7.24. The number of carbonyl (C=O) groups is 1. The van der Waals surface area contributed by atoms with Crippen LogP contribution in [0.15, 0.2) is 78.9 Å². The fraction of sp³-hybridized carbons (Fsp3) is 0.208. The lowest BCUT2D eigenvalue weighted by atomic mass is 9.88. The molecule has 4 heteroatoms. The topological polar surface area (TPSA) is 35.5 Å². The highest BCUT2D eigenvalue weighted by Gasteiger charge is 2.22. The maximum Gasteiger partial charge on any atom is 0.170 e. The molecule has 0 aliphatic carbocycles. The third-order valence-corrected chi connectivity index (χ3v) is 4.88. The van der Waals surface area contributed by atoms with E-state index in [1.54, 1.807) is 31.4 Å². The van der Waals surface area contributed by atoms with Crippen LogP contribution in [0.1, 0.15) is 33.8 Å². The van der Waals surface area contributed by atoms with Crippen LogP contribution in [-0.4, -0.2) is 19.5 Å². The molecule has 0 spiro atoms. The third kappa shape index (κ3) is 5.44. The van der Waals surface area contributed by atoms with Crippen molar-refractivity contribution in [3.8, 4) is 5.75 Å². The largest absolute Gasteiger partial charge is 0.497 e. The fourth-order valence-electron chi connectivity index (χ4n) is 3.07. The molecule has 0 N–H and O–H groups in total. The van der Waals surface area contributed by atoms with Crippen LogP contribution in [0, 0.1) is 0 Å². The number of methoxy groups -OCH3 is 1. The Morgan fingerprint density at radius 1 is 0.929 bits per heavy atom. The van der Waals surface area contributed by atoms with E-state index in [1.807, 2.05) is 54.6 Å². The lowest BCUT2D eigenvalue weighted by Gasteiger charge is -2.17. The summed E-state index contributed by atoms with van der Waals surface area (Å²) in [6.07, 6.45) is 0.597. The number of ketones is 1. The number of halogens is 1. The van der Waals surface area contributed by atoms with Crippen LogP contribution in [0.3, 0.4) is 0 Å². The Bertz CT molecular complexity index is 874. The molecule has 28 heavy (non-hydrogen) atoms. The van der Waals surface area contributed by atoms with Gasteiger partial charge in [0.2, 0.25) is 0 Å². The van der Waals surface area contributed by atoms with Gasteiger partial charge in [0.1, 0.15) is 5.75 Å². The molecule has 0 saturated heterocycles. The zero-order valence-electron chi connectivity index (χ0n) is 15.8. The molecular formula is C24H23ClO3. The first kappa shape index (κ1) is 20.1. The molecule has 3 aromatic carbocycles. The SMILES string of the molecule is COc1ccc(C(=O)C(CCOCc2ccccc2)c2ccc(Cl)cc2)cc1. The maximum absolute atomic E-state index is 13.2. The molecule has 3 nitrogen and oxygen atoms in total. The van der Waals surface area contributed by atoms with Gasteiger partial charge in [-0.2, -0.15) is 0 Å². The molecule has 0 fully saturated rings. The highest BCUT2D eigenvalue weighted by molar-refractivity contribution is 6.30. The van der Waals surface area contributed by atoms with Crippen LogP contribution in [0.4, 0.5) is 0 Å². The van der Waals surface area contributed by atoms with Gasteiger partial charge in [-0.3, -0.25) is 4.79 Å². The van der Waals surface area contributed by atoms with E-state index in [0.717, 1.165) is 16.9 Å². The molecule has 3 rings (SSSR count). The van der Waals surface area contributed by atoms with E-state index in [2.05, 4.69) is 0 Å². The summed E-state index contributed by atoms with van der Waals surface area (Å²) in [5, 5.41) is 0.653. The summed E-state index contributed by atoms with van der Waals surface area (Å²) >= 11 is 6.02. The summed E-state index contributed by atoms with van der Waals surface area (Å²) in [7, 11) is 1.61. The molecule has 0 aliphatic rings. The van der Waals surface area contributed by atoms with Crippen molar-refractivity contribution in [1.29, 1.82) is 0 Å². The first-order valence-electron chi connectivity index (χ1n) is 9.23.